The van der Waals surface area contributed by atoms with E-state index >= 15 is 0 Å². The summed E-state index contributed by atoms with van der Waals surface area (Å²) in [5, 5.41) is 20.7. The molecule has 0 radical (unpaired) electrons. The molecule has 9 nitrogen and oxygen atoms in total. The number of piperidine rings is 1. The zero-order chi connectivity index (χ0) is 28.7. The van der Waals surface area contributed by atoms with E-state index in [0.717, 1.165) is 6.07 Å². The summed E-state index contributed by atoms with van der Waals surface area (Å²) in [6, 6.07) is 4.25. The molecule has 14 heteroatoms. The first-order valence-electron chi connectivity index (χ1n) is 12.0. The van der Waals surface area contributed by atoms with Gasteiger partial charge in [0.2, 0.25) is 5.91 Å². The molecule has 0 unspecified atom stereocenters. The lowest BCUT2D eigenvalue weighted by atomic mass is 9.99. The third kappa shape index (κ3) is 7.11. The number of nitrogens with zero attached hydrogens (tertiary/aromatic N) is 4. The molecule has 1 aliphatic heterocycles. The van der Waals surface area contributed by atoms with Gasteiger partial charge in [-0.2, -0.15) is 18.3 Å². The Labute approximate surface area is 232 Å². The molecular formula is C25H27Cl2F3N6O3. The van der Waals surface area contributed by atoms with Crippen LogP contribution in [0.1, 0.15) is 43.2 Å². The van der Waals surface area contributed by atoms with E-state index in [0.29, 0.717) is 16.8 Å². The third-order valence-corrected chi connectivity index (χ3v) is 6.68. The van der Waals surface area contributed by atoms with Crippen molar-refractivity contribution >= 4 is 51.6 Å². The minimum atomic E-state index is -4.67. The van der Waals surface area contributed by atoms with Gasteiger partial charge in [0.1, 0.15) is 5.69 Å². The molecule has 0 spiro atoms. The minimum absolute atomic E-state index is 0.0505. The minimum Gasteiger partial charge on any atom is -0.389 e. The number of nitrogens with one attached hydrogen (secondary N) is 2. The number of halogens is 5. The molecule has 210 valence electrons. The lowest BCUT2D eigenvalue weighted by Gasteiger charge is -2.38. The Kier molecular flexibility index (Phi) is 8.02. The van der Waals surface area contributed by atoms with Gasteiger partial charge in [-0.25, -0.2) is 4.98 Å². The number of hydrogen-bond acceptors (Lipinski definition) is 6. The summed E-state index contributed by atoms with van der Waals surface area (Å²) in [7, 11) is 0. The maximum Gasteiger partial charge on any atom is 0.433 e. The van der Waals surface area contributed by atoms with Crippen LogP contribution in [0.5, 0.6) is 0 Å². The molecule has 1 saturated heterocycles. The first-order valence-corrected chi connectivity index (χ1v) is 12.8. The average Bonchev–Trinajstić information content (AvgIpc) is 3.16. The van der Waals surface area contributed by atoms with Crippen molar-refractivity contribution in [2.75, 3.05) is 18.4 Å². The Morgan fingerprint density at radius 1 is 1.15 bits per heavy atom. The van der Waals surface area contributed by atoms with Gasteiger partial charge in [-0.05, 0) is 44.5 Å². The van der Waals surface area contributed by atoms with Gasteiger partial charge in [-0.15, -0.1) is 0 Å². The van der Waals surface area contributed by atoms with Crippen LogP contribution < -0.4 is 10.6 Å². The number of anilines is 1. The summed E-state index contributed by atoms with van der Waals surface area (Å²) >= 11 is 12.3. The number of fused-ring (bicyclic) bond motifs is 1. The molecule has 1 fully saturated rings. The van der Waals surface area contributed by atoms with E-state index in [2.05, 4.69) is 20.7 Å². The van der Waals surface area contributed by atoms with Gasteiger partial charge in [0.15, 0.2) is 5.15 Å². The Morgan fingerprint density at radius 2 is 1.85 bits per heavy atom. The van der Waals surface area contributed by atoms with Crippen molar-refractivity contribution in [1.82, 2.24) is 25.0 Å². The van der Waals surface area contributed by atoms with Crippen LogP contribution in [0, 0.1) is 0 Å². The molecule has 1 aromatic carbocycles. The van der Waals surface area contributed by atoms with Crippen LogP contribution in [-0.4, -0.2) is 67.4 Å². The summed E-state index contributed by atoms with van der Waals surface area (Å²) in [6.07, 6.45) is -2.95. The highest BCUT2D eigenvalue weighted by molar-refractivity contribution is 6.32. The van der Waals surface area contributed by atoms with Crippen LogP contribution in [0.25, 0.3) is 10.9 Å². The third-order valence-electron chi connectivity index (χ3n) is 6.16. The van der Waals surface area contributed by atoms with Crippen molar-refractivity contribution in [1.29, 1.82) is 0 Å². The fourth-order valence-corrected chi connectivity index (χ4v) is 4.94. The zero-order valence-corrected chi connectivity index (χ0v) is 22.8. The number of likely N-dealkylation sites (tertiary alicyclic amines) is 1. The number of hydrogen-bond donors (Lipinski definition) is 3. The number of benzene rings is 1. The van der Waals surface area contributed by atoms with E-state index in [4.69, 9.17) is 23.2 Å². The number of pyridine rings is 1. The van der Waals surface area contributed by atoms with Crippen LogP contribution in [0.4, 0.5) is 18.9 Å². The van der Waals surface area contributed by atoms with Crippen molar-refractivity contribution < 1.29 is 27.9 Å². The van der Waals surface area contributed by atoms with Crippen molar-refractivity contribution in [3.05, 3.63) is 51.9 Å². The maximum atomic E-state index is 13.6. The molecule has 2 aromatic heterocycles. The van der Waals surface area contributed by atoms with E-state index in [1.807, 2.05) is 0 Å². The second kappa shape index (κ2) is 10.8. The number of carbonyl (C=O) groups is 2. The molecule has 4 rings (SSSR count). The first-order chi connectivity index (χ1) is 18.1. The van der Waals surface area contributed by atoms with Crippen LogP contribution in [0.3, 0.4) is 0 Å². The van der Waals surface area contributed by atoms with E-state index in [1.165, 1.54) is 40.9 Å². The SMILES string of the molecule is CC(=O)N1C[C@@H](NC(=O)c2cn(CC(C)(C)O)nc2Cl)C[C@@H](Nc2cc(C(F)(F)F)nc3ccc(Cl)cc23)C1. The first kappa shape index (κ1) is 28.9. The summed E-state index contributed by atoms with van der Waals surface area (Å²) < 4.78 is 42.1. The number of alkyl halides is 3. The summed E-state index contributed by atoms with van der Waals surface area (Å²) in [6.45, 7) is 5.07. The normalized spacial score (nSPS) is 18.3. The largest absolute Gasteiger partial charge is 0.433 e. The van der Waals surface area contributed by atoms with E-state index in [-0.39, 0.29) is 47.5 Å². The van der Waals surface area contributed by atoms with Gasteiger partial charge >= 0.3 is 6.18 Å². The molecule has 1 aliphatic rings. The predicted octanol–water partition coefficient (Wildman–Crippen LogP) is 4.36. The van der Waals surface area contributed by atoms with Gasteiger partial charge in [0, 0.05) is 54.4 Å². The fraction of sp³-hybridized carbons (Fsp3) is 0.440. The van der Waals surface area contributed by atoms with Crippen LogP contribution in [0.15, 0.2) is 30.5 Å². The molecule has 3 aromatic rings. The van der Waals surface area contributed by atoms with E-state index in [1.54, 1.807) is 13.8 Å². The Hall–Kier alpha value is -3.09. The van der Waals surface area contributed by atoms with Gasteiger partial charge < -0.3 is 20.6 Å². The second-order valence-corrected chi connectivity index (χ2v) is 11.0. The number of rotatable bonds is 6. The number of amides is 2. The smallest absolute Gasteiger partial charge is 0.389 e. The molecule has 2 amide bonds. The van der Waals surface area contributed by atoms with Crippen molar-refractivity contribution in [3.63, 3.8) is 0 Å². The summed E-state index contributed by atoms with van der Waals surface area (Å²) in [4.78, 5) is 30.6. The Morgan fingerprint density at radius 3 is 2.49 bits per heavy atom. The van der Waals surface area contributed by atoms with Crippen LogP contribution in [0.2, 0.25) is 10.2 Å². The quantitative estimate of drug-likeness (QED) is 0.395. The van der Waals surface area contributed by atoms with Gasteiger partial charge in [0.25, 0.3) is 5.91 Å². The predicted molar refractivity (Wildman–Crippen MR) is 141 cm³/mol. The highest BCUT2D eigenvalue weighted by atomic mass is 35.5. The Balaban J connectivity index is 1.58. The molecule has 2 atom stereocenters. The highest BCUT2D eigenvalue weighted by Crippen LogP contribution is 2.35. The summed E-state index contributed by atoms with van der Waals surface area (Å²) in [5.74, 6) is -0.785. The monoisotopic (exact) mass is 586 g/mol. The lowest BCUT2D eigenvalue weighted by molar-refractivity contribution is -0.140. The Bertz CT molecular complexity index is 1410. The maximum absolute atomic E-state index is 13.6. The number of aromatic nitrogens is 3. The topological polar surface area (TPSA) is 112 Å². The summed E-state index contributed by atoms with van der Waals surface area (Å²) in [5.41, 5.74) is -1.79. The zero-order valence-electron chi connectivity index (χ0n) is 21.3. The van der Waals surface area contributed by atoms with E-state index < -0.39 is 35.5 Å². The second-order valence-electron chi connectivity index (χ2n) is 10.2. The number of carbonyl (C=O) groups excluding carboxylic acids is 2. The lowest BCUT2D eigenvalue weighted by Crippen LogP contribution is -2.55. The number of aliphatic hydroxyl groups is 1. The highest BCUT2D eigenvalue weighted by Gasteiger charge is 2.35. The molecule has 3 N–H and O–H groups in total. The molecule has 0 bridgehead atoms. The molecule has 0 saturated carbocycles. The average molecular weight is 587 g/mol. The van der Waals surface area contributed by atoms with Crippen molar-refractivity contribution in [3.8, 4) is 0 Å². The molecule has 0 aliphatic carbocycles. The van der Waals surface area contributed by atoms with Crippen LogP contribution in [-0.2, 0) is 17.5 Å². The van der Waals surface area contributed by atoms with Gasteiger partial charge in [-0.3, -0.25) is 14.3 Å². The fourth-order valence-electron chi connectivity index (χ4n) is 4.54. The van der Waals surface area contributed by atoms with Crippen LogP contribution >= 0.6 is 23.2 Å². The molecule has 3 heterocycles. The van der Waals surface area contributed by atoms with E-state index in [9.17, 15) is 27.9 Å². The molecule has 39 heavy (non-hydrogen) atoms. The van der Waals surface area contributed by atoms with Crippen molar-refractivity contribution in [2.45, 2.75) is 57.6 Å². The standard InChI is InChI=1S/C25H27Cl2F3N6O3/c1-13(37)35-9-15(31-20-8-21(25(28,29)30)33-19-5-4-14(26)6-17(19)20)7-16(10-35)32-23(38)18-11-36(34-22(18)27)12-24(2,3)39/h4-6,8,11,15-16,39H,7,9-10,12H2,1-3H3,(H,31,33)(H,32,38)/t15-,16+/m1/s1. The van der Waals surface area contributed by atoms with Gasteiger partial charge in [0.05, 0.1) is 23.2 Å². The molecular weight excluding hydrogens is 560 g/mol. The van der Waals surface area contributed by atoms with Crippen molar-refractivity contribution in [2.24, 2.45) is 0 Å². The van der Waals surface area contributed by atoms with Gasteiger partial charge in [-0.1, -0.05) is 23.2 Å².